The predicted octanol–water partition coefficient (Wildman–Crippen LogP) is 2.93. The molecule has 1 atom stereocenters. The molecule has 0 amide bonds. The van der Waals surface area contributed by atoms with E-state index in [1.165, 1.54) is 7.11 Å². The molecule has 1 aromatic carbocycles. The minimum Gasteiger partial charge on any atom is -0.496 e. The van der Waals surface area contributed by atoms with Gasteiger partial charge >= 0.3 is 6.18 Å². The first-order valence-corrected chi connectivity index (χ1v) is 5.63. The first-order valence-electron chi connectivity index (χ1n) is 5.63. The van der Waals surface area contributed by atoms with Gasteiger partial charge in [0.15, 0.2) is 0 Å². The lowest BCUT2D eigenvalue weighted by atomic mass is 10.0. The Morgan fingerprint density at radius 1 is 1.33 bits per heavy atom. The van der Waals surface area contributed by atoms with Crippen LogP contribution in [0.3, 0.4) is 0 Å². The van der Waals surface area contributed by atoms with E-state index in [9.17, 15) is 13.2 Å². The summed E-state index contributed by atoms with van der Waals surface area (Å²) in [5.74, 6) is 6.01. The van der Waals surface area contributed by atoms with Crippen molar-refractivity contribution in [3.63, 3.8) is 0 Å². The van der Waals surface area contributed by atoms with Crippen LogP contribution in [0, 0.1) is 0 Å². The average Bonchev–Trinajstić information content (AvgIpc) is 2.33. The lowest BCUT2D eigenvalue weighted by Gasteiger charge is -2.19. The Kier molecular flexibility index (Phi) is 5.43. The number of methoxy groups -OCH3 is 1. The van der Waals surface area contributed by atoms with Gasteiger partial charge in [-0.15, -0.1) is 0 Å². The third-order valence-corrected chi connectivity index (χ3v) is 2.67. The van der Waals surface area contributed by atoms with Crippen LogP contribution in [0.1, 0.15) is 30.9 Å². The normalized spacial score (nSPS) is 13.4. The van der Waals surface area contributed by atoms with Gasteiger partial charge in [0.1, 0.15) is 5.75 Å². The fourth-order valence-corrected chi connectivity index (χ4v) is 1.79. The summed E-state index contributed by atoms with van der Waals surface area (Å²) < 4.78 is 41.4. The fraction of sp³-hybridized carbons (Fsp3) is 0.500. The summed E-state index contributed by atoms with van der Waals surface area (Å²) in [6.45, 7) is 0. The van der Waals surface area contributed by atoms with Gasteiger partial charge in [0, 0.05) is 18.0 Å². The van der Waals surface area contributed by atoms with Crippen LogP contribution in [-0.2, 0) is 0 Å². The molecule has 0 aromatic heterocycles. The van der Waals surface area contributed by atoms with Crippen molar-refractivity contribution in [2.75, 3.05) is 7.11 Å². The second-order valence-corrected chi connectivity index (χ2v) is 3.97. The lowest BCUT2D eigenvalue weighted by Crippen LogP contribution is -2.28. The van der Waals surface area contributed by atoms with Crippen LogP contribution in [0.5, 0.6) is 5.75 Å². The molecule has 1 aromatic rings. The Morgan fingerprint density at radius 2 is 2.00 bits per heavy atom. The van der Waals surface area contributed by atoms with Gasteiger partial charge in [-0.2, -0.15) is 13.2 Å². The van der Waals surface area contributed by atoms with Gasteiger partial charge in [-0.25, -0.2) is 0 Å². The monoisotopic (exact) mass is 262 g/mol. The minimum absolute atomic E-state index is 0.0242. The summed E-state index contributed by atoms with van der Waals surface area (Å²) in [6, 6.07) is 6.79. The molecule has 0 heterocycles. The van der Waals surface area contributed by atoms with Gasteiger partial charge in [0.05, 0.1) is 7.11 Å². The maximum absolute atomic E-state index is 12.1. The molecular weight excluding hydrogens is 245 g/mol. The largest absolute Gasteiger partial charge is 0.496 e. The number of rotatable bonds is 6. The first kappa shape index (κ1) is 14.8. The molecule has 0 aliphatic rings. The van der Waals surface area contributed by atoms with Gasteiger partial charge in [-0.1, -0.05) is 18.2 Å². The van der Waals surface area contributed by atoms with E-state index in [1.54, 1.807) is 24.3 Å². The Hall–Kier alpha value is -1.27. The molecule has 0 fully saturated rings. The highest BCUT2D eigenvalue weighted by Gasteiger charge is 2.27. The summed E-state index contributed by atoms with van der Waals surface area (Å²) in [6.07, 6.45) is -4.60. The number of benzene rings is 1. The molecule has 1 unspecified atom stereocenters. The Bertz CT molecular complexity index is 369. The molecule has 6 heteroatoms. The van der Waals surface area contributed by atoms with Crippen molar-refractivity contribution < 1.29 is 17.9 Å². The van der Waals surface area contributed by atoms with Gasteiger partial charge in [-0.05, 0) is 18.9 Å². The van der Waals surface area contributed by atoms with Crippen molar-refractivity contribution in [2.45, 2.75) is 31.5 Å². The summed E-state index contributed by atoms with van der Waals surface area (Å²) >= 11 is 0. The SMILES string of the molecule is COc1ccccc1C(CCCC(F)(F)F)NN. The van der Waals surface area contributed by atoms with Crippen molar-refractivity contribution in [1.82, 2.24) is 5.43 Å². The van der Waals surface area contributed by atoms with Crippen LogP contribution in [0.15, 0.2) is 24.3 Å². The Balaban J connectivity index is 2.65. The number of para-hydroxylation sites is 1. The van der Waals surface area contributed by atoms with Gasteiger partial charge in [-0.3, -0.25) is 11.3 Å². The molecule has 0 radical (unpaired) electrons. The molecule has 0 bridgehead atoms. The fourth-order valence-electron chi connectivity index (χ4n) is 1.79. The standard InChI is InChI=1S/C12H17F3N2O/c1-18-11-7-3-2-5-9(11)10(17-16)6-4-8-12(13,14)15/h2-3,5,7,10,17H,4,6,8,16H2,1H3. The summed E-state index contributed by atoms with van der Waals surface area (Å²) in [5.41, 5.74) is 3.30. The molecule has 0 aliphatic carbocycles. The predicted molar refractivity (Wildman–Crippen MR) is 63.0 cm³/mol. The topological polar surface area (TPSA) is 47.3 Å². The number of hydrazine groups is 1. The maximum atomic E-state index is 12.1. The molecule has 1 rings (SSSR count). The number of nitrogens with two attached hydrogens (primary N) is 1. The quantitative estimate of drug-likeness (QED) is 0.612. The highest BCUT2D eigenvalue weighted by Crippen LogP contribution is 2.30. The zero-order valence-corrected chi connectivity index (χ0v) is 10.1. The second kappa shape index (κ2) is 6.61. The zero-order valence-electron chi connectivity index (χ0n) is 10.1. The van der Waals surface area contributed by atoms with E-state index in [0.29, 0.717) is 12.2 Å². The number of halogens is 3. The summed E-state index contributed by atoms with van der Waals surface area (Å²) in [7, 11) is 1.52. The Labute approximate surface area is 104 Å². The lowest BCUT2D eigenvalue weighted by molar-refractivity contribution is -0.135. The summed E-state index contributed by atoms with van der Waals surface area (Å²) in [4.78, 5) is 0. The zero-order chi connectivity index (χ0) is 13.6. The van der Waals surface area contributed by atoms with Crippen LogP contribution in [-0.4, -0.2) is 13.3 Å². The average molecular weight is 262 g/mol. The van der Waals surface area contributed by atoms with Crippen molar-refractivity contribution in [2.24, 2.45) is 5.84 Å². The molecule has 0 aliphatic heterocycles. The Morgan fingerprint density at radius 3 is 2.56 bits per heavy atom. The van der Waals surface area contributed by atoms with Crippen LogP contribution in [0.25, 0.3) is 0 Å². The molecule has 0 saturated heterocycles. The van der Waals surface area contributed by atoms with Crippen LogP contribution in [0.4, 0.5) is 13.2 Å². The van der Waals surface area contributed by atoms with E-state index in [2.05, 4.69) is 5.43 Å². The van der Waals surface area contributed by atoms with Gasteiger partial charge < -0.3 is 4.74 Å². The highest BCUT2D eigenvalue weighted by atomic mass is 19.4. The third kappa shape index (κ3) is 4.54. The maximum Gasteiger partial charge on any atom is 0.389 e. The molecule has 0 spiro atoms. The van der Waals surface area contributed by atoms with Crippen LogP contribution < -0.4 is 16.0 Å². The van der Waals surface area contributed by atoms with E-state index in [4.69, 9.17) is 10.6 Å². The smallest absolute Gasteiger partial charge is 0.389 e. The van der Waals surface area contributed by atoms with Gasteiger partial charge in [0.2, 0.25) is 0 Å². The second-order valence-electron chi connectivity index (χ2n) is 3.97. The van der Waals surface area contributed by atoms with Gasteiger partial charge in [0.25, 0.3) is 0 Å². The molecule has 18 heavy (non-hydrogen) atoms. The molecular formula is C12H17F3N2O. The van der Waals surface area contributed by atoms with Crippen LogP contribution >= 0.6 is 0 Å². The van der Waals surface area contributed by atoms with Crippen molar-refractivity contribution in [3.05, 3.63) is 29.8 Å². The number of alkyl halides is 3. The van der Waals surface area contributed by atoms with Crippen molar-refractivity contribution in [3.8, 4) is 5.75 Å². The number of hydrogen-bond donors (Lipinski definition) is 2. The molecule has 102 valence electrons. The molecule has 3 nitrogen and oxygen atoms in total. The van der Waals surface area contributed by atoms with E-state index in [-0.39, 0.29) is 12.5 Å². The number of hydrogen-bond acceptors (Lipinski definition) is 3. The number of nitrogens with one attached hydrogen (secondary N) is 1. The highest BCUT2D eigenvalue weighted by molar-refractivity contribution is 5.35. The third-order valence-electron chi connectivity index (χ3n) is 2.67. The number of ether oxygens (including phenoxy) is 1. The summed E-state index contributed by atoms with van der Waals surface area (Å²) in [5, 5.41) is 0. The molecule has 3 N–H and O–H groups in total. The van der Waals surface area contributed by atoms with E-state index < -0.39 is 12.6 Å². The van der Waals surface area contributed by atoms with E-state index in [1.807, 2.05) is 0 Å². The minimum atomic E-state index is -4.13. The molecule has 0 saturated carbocycles. The van der Waals surface area contributed by atoms with E-state index in [0.717, 1.165) is 5.56 Å². The van der Waals surface area contributed by atoms with Crippen molar-refractivity contribution in [1.29, 1.82) is 0 Å². The van der Waals surface area contributed by atoms with Crippen molar-refractivity contribution >= 4 is 0 Å². The first-order chi connectivity index (χ1) is 8.48. The van der Waals surface area contributed by atoms with E-state index >= 15 is 0 Å². The van der Waals surface area contributed by atoms with Crippen LogP contribution in [0.2, 0.25) is 0 Å².